The molecule has 0 aliphatic heterocycles. The Morgan fingerprint density at radius 1 is 0.919 bits per heavy atom. The van der Waals surface area contributed by atoms with Crippen LogP contribution < -0.4 is 0 Å². The molecule has 1 unspecified atom stereocenters. The Morgan fingerprint density at radius 2 is 1.43 bits per heavy atom. The van der Waals surface area contributed by atoms with Gasteiger partial charge in [0, 0.05) is 0 Å². The quantitative estimate of drug-likeness (QED) is 0.329. The molecule has 3 fully saturated rings. The summed E-state index contributed by atoms with van der Waals surface area (Å²) in [7, 11) is 0. The lowest BCUT2D eigenvalue weighted by Crippen LogP contribution is -2.75. The first-order valence-electron chi connectivity index (χ1n) is 14.7. The SMILES string of the molecule is CC(C)=CCCC(C)(O)C1=CC[C@]2(C)[C@@]3(C)CC[C@]4(C)[C@](C)(CC[C@H](O)[C@]4(C)C(=O)O)[C@]3(C)CC[C@@]12C. The number of aliphatic hydroxyl groups excluding tert-OH is 1. The molecule has 0 aromatic rings. The van der Waals surface area contributed by atoms with E-state index in [1.54, 1.807) is 0 Å². The van der Waals surface area contributed by atoms with Crippen LogP contribution in [0.25, 0.3) is 0 Å². The Balaban J connectivity index is 1.79. The van der Waals surface area contributed by atoms with Crippen molar-refractivity contribution in [2.75, 3.05) is 0 Å². The van der Waals surface area contributed by atoms with Gasteiger partial charge in [-0.25, -0.2) is 0 Å². The van der Waals surface area contributed by atoms with Gasteiger partial charge in [-0.2, -0.15) is 0 Å². The topological polar surface area (TPSA) is 77.8 Å². The Morgan fingerprint density at radius 3 is 2.00 bits per heavy atom. The van der Waals surface area contributed by atoms with Crippen molar-refractivity contribution in [3.63, 3.8) is 0 Å². The van der Waals surface area contributed by atoms with Crippen LogP contribution in [-0.4, -0.2) is 33.0 Å². The lowest BCUT2D eigenvalue weighted by atomic mass is 9.25. The number of carboxylic acid groups (broad SMARTS) is 1. The zero-order valence-electron chi connectivity index (χ0n) is 25.3. The van der Waals surface area contributed by atoms with Crippen molar-refractivity contribution in [2.24, 2.45) is 37.9 Å². The van der Waals surface area contributed by atoms with Gasteiger partial charge in [0.25, 0.3) is 0 Å². The molecule has 0 radical (unpaired) electrons. The Labute approximate surface area is 226 Å². The lowest BCUT2D eigenvalue weighted by Gasteiger charge is -2.79. The fourth-order valence-electron chi connectivity index (χ4n) is 10.9. The van der Waals surface area contributed by atoms with Crippen molar-refractivity contribution >= 4 is 5.97 Å². The predicted octanol–water partition coefficient (Wildman–Crippen LogP) is 7.68. The summed E-state index contributed by atoms with van der Waals surface area (Å²) in [6.45, 7) is 22.4. The molecular weight excluding hydrogens is 460 g/mol. The van der Waals surface area contributed by atoms with Crippen molar-refractivity contribution in [3.8, 4) is 0 Å². The first-order valence-corrected chi connectivity index (χ1v) is 14.7. The van der Waals surface area contributed by atoms with Crippen LogP contribution in [0, 0.1) is 37.9 Å². The minimum absolute atomic E-state index is 0.0306. The molecular formula is C33H54O4. The minimum atomic E-state index is -1.17. The third-order valence-corrected chi connectivity index (χ3v) is 14.6. The number of aliphatic carboxylic acids is 1. The highest BCUT2D eigenvalue weighted by Gasteiger charge is 2.79. The average molecular weight is 515 g/mol. The molecule has 0 spiro atoms. The highest BCUT2D eigenvalue weighted by Crippen LogP contribution is 2.84. The molecule has 0 saturated heterocycles. The first-order chi connectivity index (χ1) is 16.7. The van der Waals surface area contributed by atoms with Crippen LogP contribution in [0.1, 0.15) is 127 Å². The number of allylic oxidation sites excluding steroid dienone is 3. The van der Waals surface area contributed by atoms with Gasteiger partial charge in [0.1, 0.15) is 0 Å². The van der Waals surface area contributed by atoms with Crippen LogP contribution in [0.3, 0.4) is 0 Å². The highest BCUT2D eigenvalue weighted by atomic mass is 16.4. The van der Waals surface area contributed by atoms with Gasteiger partial charge in [-0.1, -0.05) is 59.3 Å². The molecule has 4 nitrogen and oxygen atoms in total. The molecule has 4 rings (SSSR count). The van der Waals surface area contributed by atoms with Crippen LogP contribution in [0.4, 0.5) is 0 Å². The first kappa shape index (κ1) is 28.9. The van der Waals surface area contributed by atoms with Gasteiger partial charge in [0.05, 0.1) is 17.1 Å². The summed E-state index contributed by atoms with van der Waals surface area (Å²) in [4.78, 5) is 12.8. The molecule has 0 heterocycles. The standard InChI is InChI=1S/C33H54O4/c1-22(2)12-11-15-27(4,37)23-13-16-28(5)26(23,3)18-19-31(8)29(6)17-14-24(34)33(10,25(35)36)32(29,9)21-20-30(28,31)7/h12-13,24,34,37H,11,14-21H2,1-10H3,(H,35,36)/t24-,26-,27?,28-,29+,30+,31-,32+,33+/m0/s1. The summed E-state index contributed by atoms with van der Waals surface area (Å²) in [5.41, 5.74) is -0.491. The molecule has 210 valence electrons. The number of hydrogen-bond donors (Lipinski definition) is 3. The molecule has 4 heteroatoms. The summed E-state index contributed by atoms with van der Waals surface area (Å²) in [5, 5.41) is 33.5. The van der Waals surface area contributed by atoms with Crippen molar-refractivity contribution in [1.82, 2.24) is 0 Å². The summed E-state index contributed by atoms with van der Waals surface area (Å²) >= 11 is 0. The fourth-order valence-corrected chi connectivity index (χ4v) is 10.9. The summed E-state index contributed by atoms with van der Waals surface area (Å²) in [5.74, 6) is -0.857. The van der Waals surface area contributed by atoms with E-state index in [1.807, 2.05) is 13.8 Å². The molecule has 9 atom stereocenters. The van der Waals surface area contributed by atoms with E-state index in [9.17, 15) is 20.1 Å². The van der Waals surface area contributed by atoms with Gasteiger partial charge < -0.3 is 15.3 Å². The van der Waals surface area contributed by atoms with E-state index in [0.29, 0.717) is 6.42 Å². The number of hydrogen-bond acceptors (Lipinski definition) is 3. The Bertz CT molecular complexity index is 1040. The average Bonchev–Trinajstić information content (AvgIpc) is 3.08. The second-order valence-corrected chi connectivity index (χ2v) is 15.5. The van der Waals surface area contributed by atoms with E-state index in [2.05, 4.69) is 67.5 Å². The summed E-state index contributed by atoms with van der Waals surface area (Å²) in [6.07, 6.45) is 11.5. The molecule has 4 aliphatic rings. The molecule has 0 bridgehead atoms. The van der Waals surface area contributed by atoms with E-state index in [-0.39, 0.29) is 27.1 Å². The molecule has 4 aliphatic carbocycles. The number of rotatable bonds is 5. The van der Waals surface area contributed by atoms with E-state index in [4.69, 9.17) is 0 Å². The van der Waals surface area contributed by atoms with E-state index in [0.717, 1.165) is 51.4 Å². The van der Waals surface area contributed by atoms with Gasteiger partial charge >= 0.3 is 5.97 Å². The van der Waals surface area contributed by atoms with E-state index >= 15 is 0 Å². The van der Waals surface area contributed by atoms with Crippen LogP contribution in [0.2, 0.25) is 0 Å². The molecule has 37 heavy (non-hydrogen) atoms. The second kappa shape index (κ2) is 8.19. The fraction of sp³-hybridized carbons (Fsp3) is 0.848. The van der Waals surface area contributed by atoms with Gasteiger partial charge in [0.2, 0.25) is 0 Å². The zero-order valence-corrected chi connectivity index (χ0v) is 25.3. The van der Waals surface area contributed by atoms with Crippen molar-refractivity contribution in [1.29, 1.82) is 0 Å². The van der Waals surface area contributed by atoms with Crippen molar-refractivity contribution < 1.29 is 20.1 Å². The monoisotopic (exact) mass is 514 g/mol. The van der Waals surface area contributed by atoms with Crippen molar-refractivity contribution in [3.05, 3.63) is 23.3 Å². The predicted molar refractivity (Wildman–Crippen MR) is 150 cm³/mol. The molecule has 0 aromatic carbocycles. The number of fused-ring (bicyclic) bond motifs is 5. The van der Waals surface area contributed by atoms with Gasteiger partial charge in [-0.15, -0.1) is 0 Å². The largest absolute Gasteiger partial charge is 0.481 e. The minimum Gasteiger partial charge on any atom is -0.481 e. The summed E-state index contributed by atoms with van der Waals surface area (Å²) in [6, 6.07) is 0. The maximum Gasteiger partial charge on any atom is 0.312 e. The van der Waals surface area contributed by atoms with Crippen LogP contribution in [0.15, 0.2) is 23.3 Å². The Hall–Kier alpha value is -1.13. The second-order valence-electron chi connectivity index (χ2n) is 15.5. The zero-order chi connectivity index (χ0) is 28.1. The third-order valence-electron chi connectivity index (χ3n) is 14.6. The van der Waals surface area contributed by atoms with Crippen LogP contribution in [-0.2, 0) is 4.79 Å². The maximum absolute atomic E-state index is 12.8. The maximum atomic E-state index is 12.8. The molecule has 0 amide bonds. The van der Waals surface area contributed by atoms with Gasteiger partial charge in [-0.3, -0.25) is 4.79 Å². The van der Waals surface area contributed by atoms with E-state index in [1.165, 1.54) is 11.1 Å². The van der Waals surface area contributed by atoms with Crippen LogP contribution in [0.5, 0.6) is 0 Å². The number of carbonyl (C=O) groups is 1. The van der Waals surface area contributed by atoms with E-state index < -0.39 is 28.5 Å². The lowest BCUT2D eigenvalue weighted by molar-refractivity contribution is -0.313. The molecule has 0 aromatic heterocycles. The number of aliphatic hydroxyl groups is 2. The van der Waals surface area contributed by atoms with Gasteiger partial charge in [-0.05, 0) is 124 Å². The Kier molecular flexibility index (Phi) is 6.39. The highest BCUT2D eigenvalue weighted by molar-refractivity contribution is 5.77. The molecule has 3 N–H and O–H groups in total. The van der Waals surface area contributed by atoms with Crippen molar-refractivity contribution in [2.45, 2.75) is 139 Å². The smallest absolute Gasteiger partial charge is 0.312 e. The third kappa shape index (κ3) is 3.12. The van der Waals surface area contributed by atoms with Gasteiger partial charge in [0.15, 0.2) is 0 Å². The van der Waals surface area contributed by atoms with Crippen LogP contribution >= 0.6 is 0 Å². The normalized spacial score (nSPS) is 50.7. The molecule has 3 saturated carbocycles. The number of carboxylic acids is 1. The summed E-state index contributed by atoms with van der Waals surface area (Å²) < 4.78 is 0.